The maximum atomic E-state index is 11.2. The molecule has 1 aliphatic rings. The van der Waals surface area contributed by atoms with Crippen LogP contribution in [0, 0.1) is 17.8 Å². The Balaban J connectivity index is 2.49. The lowest BCUT2D eigenvalue weighted by Crippen LogP contribution is -2.61. The second kappa shape index (κ2) is 4.05. The van der Waals surface area contributed by atoms with Gasteiger partial charge in [-0.3, -0.25) is 4.79 Å². The molecule has 5 nitrogen and oxygen atoms in total. The number of terminal acetylenes is 1. The highest BCUT2D eigenvalue weighted by atomic mass is 16.6. The molecule has 15 heavy (non-hydrogen) atoms. The molecule has 1 rings (SSSR count). The predicted octanol–water partition coefficient (Wildman–Crippen LogP) is 0.329. The van der Waals surface area contributed by atoms with Gasteiger partial charge in [-0.2, -0.15) is 0 Å². The van der Waals surface area contributed by atoms with Gasteiger partial charge in [0, 0.05) is 0 Å². The molecule has 0 aromatic carbocycles. The lowest BCUT2D eigenvalue weighted by Gasteiger charge is -2.42. The highest BCUT2D eigenvalue weighted by Gasteiger charge is 2.50. The minimum Gasteiger partial charge on any atom is -0.480 e. The van der Waals surface area contributed by atoms with Crippen molar-refractivity contribution in [1.82, 2.24) is 4.90 Å². The number of carbonyl (C=O) groups excluding carboxylic acids is 1. The third-order valence-electron chi connectivity index (χ3n) is 2.19. The summed E-state index contributed by atoms with van der Waals surface area (Å²) in [4.78, 5) is 23.2. The number of aliphatic carboxylic acids is 1. The molecule has 0 spiro atoms. The molecule has 1 N–H and O–H groups in total. The number of likely N-dealkylation sites (tertiary alicyclic amines) is 1. The summed E-state index contributed by atoms with van der Waals surface area (Å²) in [5.41, 5.74) is -1.24. The van der Waals surface area contributed by atoms with Gasteiger partial charge in [-0.25, -0.2) is 4.79 Å². The highest BCUT2D eigenvalue weighted by molar-refractivity contribution is 5.83. The van der Waals surface area contributed by atoms with Crippen LogP contribution >= 0.6 is 0 Å². The number of rotatable bonds is 3. The van der Waals surface area contributed by atoms with Crippen LogP contribution in [0.25, 0.3) is 0 Å². The number of carboxylic acids is 1. The Kier molecular flexibility index (Phi) is 3.00. The number of carboxylic acid groups (broad SMARTS) is 1. The first-order valence-corrected chi connectivity index (χ1v) is 4.29. The summed E-state index contributed by atoms with van der Waals surface area (Å²) in [6.45, 7) is 3.48. The molecule has 0 unspecified atom stereocenters. The maximum absolute atomic E-state index is 11.2. The number of hydrogen-bond acceptors (Lipinski definition) is 3. The van der Waals surface area contributed by atoms with Crippen LogP contribution in [-0.2, 0) is 9.53 Å². The molecular formula is C10H11NO4. The van der Waals surface area contributed by atoms with Crippen molar-refractivity contribution < 1.29 is 19.4 Å². The first-order chi connectivity index (χ1) is 7.05. The zero-order valence-electron chi connectivity index (χ0n) is 8.10. The first-order valence-electron chi connectivity index (χ1n) is 4.29. The summed E-state index contributed by atoms with van der Waals surface area (Å²) in [7, 11) is 0. The van der Waals surface area contributed by atoms with Crippen LogP contribution in [0.5, 0.6) is 0 Å². The molecule has 0 aromatic rings. The molecule has 5 heteroatoms. The van der Waals surface area contributed by atoms with Gasteiger partial charge in [0.25, 0.3) is 0 Å². The highest BCUT2D eigenvalue weighted by Crippen LogP contribution is 2.30. The van der Waals surface area contributed by atoms with E-state index in [4.69, 9.17) is 16.3 Å². The van der Waals surface area contributed by atoms with Gasteiger partial charge in [0.15, 0.2) is 5.41 Å². The standard InChI is InChI=1S/C10H11NO4/c1-3-5-15-9(14)11-6-10(4-2,7-11)8(12)13/h2-3H,1,5-7H2,(H,12,13). The lowest BCUT2D eigenvalue weighted by molar-refractivity contribution is -0.152. The average molecular weight is 209 g/mol. The van der Waals surface area contributed by atoms with Gasteiger partial charge in [0.05, 0.1) is 13.1 Å². The Morgan fingerprint density at radius 2 is 2.27 bits per heavy atom. The SMILES string of the molecule is C#CC1(C(=O)O)CN(C(=O)OCC=C)C1. The Morgan fingerprint density at radius 1 is 1.67 bits per heavy atom. The number of hydrogen-bond donors (Lipinski definition) is 1. The van der Waals surface area contributed by atoms with Crippen molar-refractivity contribution in [3.8, 4) is 12.3 Å². The van der Waals surface area contributed by atoms with E-state index in [0.717, 1.165) is 0 Å². The van der Waals surface area contributed by atoms with Gasteiger partial charge >= 0.3 is 12.1 Å². The van der Waals surface area contributed by atoms with Crippen molar-refractivity contribution >= 4 is 12.1 Å². The average Bonchev–Trinajstić information content (AvgIpc) is 2.13. The summed E-state index contributed by atoms with van der Waals surface area (Å²) in [6.07, 6.45) is 5.97. The summed E-state index contributed by atoms with van der Waals surface area (Å²) in [6, 6.07) is 0. The summed E-state index contributed by atoms with van der Waals surface area (Å²) in [5, 5.41) is 8.82. The molecule has 80 valence electrons. The van der Waals surface area contributed by atoms with E-state index in [-0.39, 0.29) is 19.7 Å². The van der Waals surface area contributed by atoms with Crippen LogP contribution in [0.2, 0.25) is 0 Å². The Morgan fingerprint density at radius 3 is 2.67 bits per heavy atom. The third-order valence-corrected chi connectivity index (χ3v) is 2.19. The molecular weight excluding hydrogens is 198 g/mol. The summed E-state index contributed by atoms with van der Waals surface area (Å²) >= 11 is 0. The van der Waals surface area contributed by atoms with Gasteiger partial charge in [0.1, 0.15) is 6.61 Å². The van der Waals surface area contributed by atoms with Gasteiger partial charge in [-0.05, 0) is 0 Å². The van der Waals surface area contributed by atoms with Crippen LogP contribution < -0.4 is 0 Å². The molecule has 1 amide bonds. The Labute approximate surface area is 87.3 Å². The van der Waals surface area contributed by atoms with Crippen molar-refractivity contribution in [3.05, 3.63) is 12.7 Å². The van der Waals surface area contributed by atoms with E-state index in [0.29, 0.717) is 0 Å². The molecule has 0 saturated carbocycles. The normalized spacial score (nSPS) is 17.1. The molecule has 0 radical (unpaired) electrons. The fourth-order valence-corrected chi connectivity index (χ4v) is 1.24. The second-order valence-corrected chi connectivity index (χ2v) is 3.25. The quantitative estimate of drug-likeness (QED) is 0.537. The maximum Gasteiger partial charge on any atom is 0.410 e. The van der Waals surface area contributed by atoms with Crippen LogP contribution in [0.4, 0.5) is 4.79 Å². The van der Waals surface area contributed by atoms with Gasteiger partial charge in [0.2, 0.25) is 0 Å². The smallest absolute Gasteiger partial charge is 0.410 e. The number of amides is 1. The molecule has 1 heterocycles. The van der Waals surface area contributed by atoms with Gasteiger partial charge < -0.3 is 14.7 Å². The largest absolute Gasteiger partial charge is 0.480 e. The van der Waals surface area contributed by atoms with Gasteiger partial charge in [-0.15, -0.1) is 6.42 Å². The van der Waals surface area contributed by atoms with E-state index in [9.17, 15) is 9.59 Å². The van der Waals surface area contributed by atoms with Crippen LogP contribution in [-0.4, -0.2) is 41.8 Å². The monoisotopic (exact) mass is 209 g/mol. The van der Waals surface area contributed by atoms with Crippen molar-refractivity contribution in [3.63, 3.8) is 0 Å². The number of ether oxygens (including phenoxy) is 1. The summed E-state index contributed by atoms with van der Waals surface area (Å²) in [5.74, 6) is 1.10. The predicted molar refractivity (Wildman–Crippen MR) is 52.0 cm³/mol. The Hall–Kier alpha value is -1.96. The zero-order chi connectivity index (χ0) is 11.5. The van der Waals surface area contributed by atoms with E-state index in [2.05, 4.69) is 12.5 Å². The van der Waals surface area contributed by atoms with E-state index in [1.807, 2.05) is 0 Å². The lowest BCUT2D eigenvalue weighted by atomic mass is 9.81. The fourth-order valence-electron chi connectivity index (χ4n) is 1.24. The first kappa shape index (κ1) is 11.1. The zero-order valence-corrected chi connectivity index (χ0v) is 8.10. The van der Waals surface area contributed by atoms with E-state index >= 15 is 0 Å². The molecule has 0 atom stereocenters. The van der Waals surface area contributed by atoms with Gasteiger partial charge in [-0.1, -0.05) is 18.6 Å². The second-order valence-electron chi connectivity index (χ2n) is 3.25. The molecule has 0 aliphatic carbocycles. The number of carbonyl (C=O) groups is 2. The summed E-state index contributed by atoms with van der Waals surface area (Å²) < 4.78 is 4.72. The Bertz CT molecular complexity index is 336. The molecule has 1 aliphatic heterocycles. The van der Waals surface area contributed by atoms with Crippen molar-refractivity contribution in [1.29, 1.82) is 0 Å². The number of nitrogens with zero attached hydrogens (tertiary/aromatic N) is 1. The van der Waals surface area contributed by atoms with Crippen LogP contribution in [0.3, 0.4) is 0 Å². The van der Waals surface area contributed by atoms with Crippen molar-refractivity contribution in [2.45, 2.75) is 0 Å². The van der Waals surface area contributed by atoms with Crippen LogP contribution in [0.1, 0.15) is 0 Å². The van der Waals surface area contributed by atoms with Crippen molar-refractivity contribution in [2.75, 3.05) is 19.7 Å². The van der Waals surface area contributed by atoms with E-state index < -0.39 is 17.5 Å². The molecule has 1 saturated heterocycles. The molecule has 1 fully saturated rings. The minimum absolute atomic E-state index is 0.00515. The topological polar surface area (TPSA) is 66.8 Å². The molecule has 0 aromatic heterocycles. The van der Waals surface area contributed by atoms with Crippen molar-refractivity contribution in [2.24, 2.45) is 5.41 Å². The minimum atomic E-state index is -1.24. The fraction of sp³-hybridized carbons (Fsp3) is 0.400. The molecule has 0 bridgehead atoms. The third kappa shape index (κ3) is 1.94. The van der Waals surface area contributed by atoms with E-state index in [1.165, 1.54) is 11.0 Å². The van der Waals surface area contributed by atoms with Crippen LogP contribution in [0.15, 0.2) is 12.7 Å². The van der Waals surface area contributed by atoms with E-state index in [1.54, 1.807) is 0 Å².